The molecule has 1 saturated heterocycles. The van der Waals surface area contributed by atoms with Gasteiger partial charge in [-0.2, -0.15) is 0 Å². The second-order valence-electron chi connectivity index (χ2n) is 9.12. The number of carbonyl (C=O) groups is 3. The van der Waals surface area contributed by atoms with Gasteiger partial charge in [-0.05, 0) is 85.5 Å². The third-order valence-electron chi connectivity index (χ3n) is 7.47. The number of hydrogen-bond donors (Lipinski definition) is 1. The summed E-state index contributed by atoms with van der Waals surface area (Å²) >= 11 is 0. The van der Waals surface area contributed by atoms with Crippen molar-refractivity contribution < 1.29 is 19.1 Å². The van der Waals surface area contributed by atoms with Gasteiger partial charge in [0.25, 0.3) is 5.91 Å². The van der Waals surface area contributed by atoms with Gasteiger partial charge in [-0.3, -0.25) is 19.3 Å². The number of amides is 3. The van der Waals surface area contributed by atoms with Crippen LogP contribution < -0.4 is 15.0 Å². The van der Waals surface area contributed by atoms with Gasteiger partial charge in [0.15, 0.2) is 0 Å². The molecule has 6 heteroatoms. The van der Waals surface area contributed by atoms with Crippen LogP contribution in [0.2, 0.25) is 0 Å². The van der Waals surface area contributed by atoms with Crippen LogP contribution in [0.1, 0.15) is 23.7 Å². The Kier molecular flexibility index (Phi) is 4.25. The molecule has 5 aliphatic rings. The molecular formula is C26H24N2O4. The van der Waals surface area contributed by atoms with E-state index in [4.69, 9.17) is 4.74 Å². The lowest BCUT2D eigenvalue weighted by Gasteiger charge is -2.37. The van der Waals surface area contributed by atoms with Crippen LogP contribution in [0.25, 0.3) is 0 Å². The number of imide groups is 1. The number of anilines is 2. The zero-order valence-electron chi connectivity index (χ0n) is 17.7. The summed E-state index contributed by atoms with van der Waals surface area (Å²) in [6.07, 6.45) is 5.49. The van der Waals surface area contributed by atoms with Crippen molar-refractivity contribution in [3.63, 3.8) is 0 Å². The summed E-state index contributed by atoms with van der Waals surface area (Å²) in [6.45, 7) is 2.50. The molecule has 6 nitrogen and oxygen atoms in total. The van der Waals surface area contributed by atoms with Gasteiger partial charge in [-0.15, -0.1) is 0 Å². The van der Waals surface area contributed by atoms with Crippen molar-refractivity contribution in [1.82, 2.24) is 0 Å². The molecule has 3 amide bonds. The summed E-state index contributed by atoms with van der Waals surface area (Å²) in [5, 5.41) is 2.85. The molecule has 1 aliphatic heterocycles. The van der Waals surface area contributed by atoms with E-state index in [-0.39, 0.29) is 41.4 Å². The van der Waals surface area contributed by atoms with E-state index in [9.17, 15) is 14.4 Å². The summed E-state index contributed by atoms with van der Waals surface area (Å²) in [7, 11) is 0. The Hall–Kier alpha value is -3.41. The molecular weight excluding hydrogens is 404 g/mol. The predicted octanol–water partition coefficient (Wildman–Crippen LogP) is 3.90. The zero-order chi connectivity index (χ0) is 22.0. The number of allylic oxidation sites excluding steroid dienone is 2. The van der Waals surface area contributed by atoms with Gasteiger partial charge >= 0.3 is 0 Å². The summed E-state index contributed by atoms with van der Waals surface area (Å²) in [5.74, 6) is 1.45. The van der Waals surface area contributed by atoms with Crippen molar-refractivity contribution in [2.75, 3.05) is 16.8 Å². The van der Waals surface area contributed by atoms with Crippen molar-refractivity contribution in [2.24, 2.45) is 35.5 Å². The fraction of sp³-hybridized carbons (Fsp3) is 0.346. The first-order valence-electron chi connectivity index (χ1n) is 11.3. The highest BCUT2D eigenvalue weighted by molar-refractivity contribution is 6.22. The number of hydrogen-bond acceptors (Lipinski definition) is 4. The normalized spacial score (nSPS) is 31.3. The maximum atomic E-state index is 13.2. The van der Waals surface area contributed by atoms with Crippen molar-refractivity contribution in [3.8, 4) is 5.75 Å². The third kappa shape index (κ3) is 2.82. The molecule has 2 saturated carbocycles. The quantitative estimate of drug-likeness (QED) is 0.579. The lowest BCUT2D eigenvalue weighted by atomic mass is 9.63. The Balaban J connectivity index is 1.18. The van der Waals surface area contributed by atoms with Crippen molar-refractivity contribution in [1.29, 1.82) is 0 Å². The van der Waals surface area contributed by atoms with E-state index in [1.807, 2.05) is 6.92 Å². The van der Waals surface area contributed by atoms with Gasteiger partial charge in [0.05, 0.1) is 24.1 Å². The maximum absolute atomic E-state index is 13.2. The van der Waals surface area contributed by atoms with Crippen LogP contribution >= 0.6 is 0 Å². The molecule has 2 bridgehead atoms. The molecule has 1 heterocycles. The Morgan fingerprint density at radius 3 is 2.09 bits per heavy atom. The molecule has 0 spiro atoms. The highest BCUT2D eigenvalue weighted by Crippen LogP contribution is 2.65. The molecule has 32 heavy (non-hydrogen) atoms. The predicted molar refractivity (Wildman–Crippen MR) is 119 cm³/mol. The molecule has 162 valence electrons. The van der Waals surface area contributed by atoms with Gasteiger partial charge in [-0.25, -0.2) is 0 Å². The van der Waals surface area contributed by atoms with E-state index in [2.05, 4.69) is 17.5 Å². The number of carbonyl (C=O) groups excluding carboxylic acids is 3. The standard InChI is InChI=1S/C26H24N2O4/c1-2-32-17-9-5-15(6-10-17)27-24(29)14-3-7-16(8-4-14)28-25(30)22-18-11-12-19(21-13-20(18)21)23(22)26(28)31/h3-12,18-23H,2,13H2,1H3,(H,27,29)/t18-,19-,20-,21-,22-,23+/m1/s1. The largest absolute Gasteiger partial charge is 0.494 e. The molecule has 2 aromatic rings. The molecule has 0 aromatic heterocycles. The first-order valence-corrected chi connectivity index (χ1v) is 11.3. The van der Waals surface area contributed by atoms with E-state index >= 15 is 0 Å². The fourth-order valence-electron chi connectivity index (χ4n) is 5.98. The summed E-state index contributed by atoms with van der Waals surface area (Å²) in [5.41, 5.74) is 1.67. The van der Waals surface area contributed by atoms with Crippen LogP contribution in [0.3, 0.4) is 0 Å². The van der Waals surface area contributed by atoms with E-state index in [0.717, 1.165) is 12.2 Å². The lowest BCUT2D eigenvalue weighted by Crippen LogP contribution is -2.40. The zero-order valence-corrected chi connectivity index (χ0v) is 17.7. The van der Waals surface area contributed by atoms with Crippen molar-refractivity contribution >= 4 is 29.1 Å². The van der Waals surface area contributed by atoms with E-state index in [1.54, 1.807) is 48.5 Å². The topological polar surface area (TPSA) is 75.7 Å². The number of benzene rings is 2. The first kappa shape index (κ1) is 19.3. The Labute approximate surface area is 186 Å². The highest BCUT2D eigenvalue weighted by Gasteiger charge is 2.67. The molecule has 0 unspecified atom stereocenters. The number of rotatable bonds is 5. The minimum atomic E-state index is -0.254. The van der Waals surface area contributed by atoms with Crippen molar-refractivity contribution in [3.05, 3.63) is 66.2 Å². The lowest BCUT2D eigenvalue weighted by molar-refractivity contribution is -0.124. The molecule has 3 fully saturated rings. The van der Waals surface area contributed by atoms with Crippen LogP contribution in [0.15, 0.2) is 60.7 Å². The molecule has 4 aliphatic carbocycles. The monoisotopic (exact) mass is 428 g/mol. The Bertz CT molecular complexity index is 1100. The molecule has 2 aromatic carbocycles. The maximum Gasteiger partial charge on any atom is 0.255 e. The van der Waals surface area contributed by atoms with Crippen LogP contribution in [-0.4, -0.2) is 24.3 Å². The van der Waals surface area contributed by atoms with Crippen LogP contribution in [0, 0.1) is 35.5 Å². The molecule has 0 radical (unpaired) electrons. The summed E-state index contributed by atoms with van der Waals surface area (Å²) < 4.78 is 5.41. The molecule has 7 rings (SSSR count). The van der Waals surface area contributed by atoms with E-state index < -0.39 is 0 Å². The van der Waals surface area contributed by atoms with Gasteiger partial charge in [0.1, 0.15) is 5.75 Å². The Morgan fingerprint density at radius 1 is 0.938 bits per heavy atom. The van der Waals surface area contributed by atoms with Gasteiger partial charge < -0.3 is 10.1 Å². The summed E-state index contributed by atoms with van der Waals surface area (Å²) in [6, 6.07) is 13.9. The Morgan fingerprint density at radius 2 is 1.53 bits per heavy atom. The number of ether oxygens (including phenoxy) is 1. The first-order chi connectivity index (χ1) is 15.6. The van der Waals surface area contributed by atoms with Crippen LogP contribution in [0.5, 0.6) is 5.75 Å². The average Bonchev–Trinajstić information content (AvgIpc) is 3.59. The number of nitrogens with one attached hydrogen (secondary N) is 1. The SMILES string of the molecule is CCOc1ccc(NC(=O)c2ccc(N3C(=O)[C@@H]4[C@@H]5C=C[C@H]([C@H]6C[C@H]56)[C@@H]4C3=O)cc2)cc1. The van der Waals surface area contributed by atoms with Gasteiger partial charge in [0, 0.05) is 11.3 Å². The smallest absolute Gasteiger partial charge is 0.255 e. The van der Waals surface area contributed by atoms with Crippen LogP contribution in [0.4, 0.5) is 11.4 Å². The number of nitrogens with zero attached hydrogens (tertiary/aromatic N) is 1. The fourth-order valence-corrected chi connectivity index (χ4v) is 5.98. The summed E-state index contributed by atoms with van der Waals surface area (Å²) in [4.78, 5) is 40.4. The average molecular weight is 428 g/mol. The molecule has 1 N–H and O–H groups in total. The van der Waals surface area contributed by atoms with Crippen molar-refractivity contribution in [2.45, 2.75) is 13.3 Å². The third-order valence-corrected chi connectivity index (χ3v) is 7.47. The minimum absolute atomic E-state index is 0.0868. The second kappa shape index (κ2) is 7.05. The van der Waals surface area contributed by atoms with Gasteiger partial charge in [-0.1, -0.05) is 12.2 Å². The molecule has 6 atom stereocenters. The second-order valence-corrected chi connectivity index (χ2v) is 9.12. The minimum Gasteiger partial charge on any atom is -0.494 e. The van der Waals surface area contributed by atoms with Gasteiger partial charge in [0.2, 0.25) is 11.8 Å². The van der Waals surface area contributed by atoms with E-state index in [1.165, 1.54) is 4.90 Å². The highest BCUT2D eigenvalue weighted by atomic mass is 16.5. The van der Waals surface area contributed by atoms with E-state index in [0.29, 0.717) is 35.4 Å². The van der Waals surface area contributed by atoms with Crippen LogP contribution in [-0.2, 0) is 9.59 Å².